The first-order valence-corrected chi connectivity index (χ1v) is 7.93. The molecule has 0 aliphatic rings. The third kappa shape index (κ3) is 3.78. The second-order valence-corrected chi connectivity index (χ2v) is 5.52. The first-order chi connectivity index (χ1) is 13.0. The standard InChI is InChI=1S/C17H17N5O5/c1-9(20-16(24)11-7-18-8-19-15(11)23)17-21-14(22-27-17)10-4-5-12(25-2)13(6-10)26-3/h4-9H,1-3H3,(H,20,24)(H,18,19,23). The van der Waals surface area contributed by atoms with Gasteiger partial charge >= 0.3 is 0 Å². The van der Waals surface area contributed by atoms with Crippen LogP contribution >= 0.6 is 0 Å². The Balaban J connectivity index is 1.78. The molecule has 2 aromatic heterocycles. The average molecular weight is 371 g/mol. The molecule has 3 rings (SSSR count). The first kappa shape index (κ1) is 18.1. The Kier molecular flexibility index (Phi) is 5.15. The minimum absolute atomic E-state index is 0.107. The zero-order valence-corrected chi connectivity index (χ0v) is 14.8. The second kappa shape index (κ2) is 7.68. The molecule has 0 aliphatic carbocycles. The Morgan fingerprint density at radius 2 is 2.04 bits per heavy atom. The zero-order valence-electron chi connectivity index (χ0n) is 14.8. The van der Waals surface area contributed by atoms with Crippen molar-refractivity contribution in [3.63, 3.8) is 0 Å². The number of aromatic amines is 1. The Bertz CT molecular complexity index is 1010. The van der Waals surface area contributed by atoms with Gasteiger partial charge in [0.1, 0.15) is 11.6 Å². The lowest BCUT2D eigenvalue weighted by Gasteiger charge is -2.09. The van der Waals surface area contributed by atoms with Crippen LogP contribution in [0.15, 0.2) is 40.0 Å². The van der Waals surface area contributed by atoms with Crippen LogP contribution in [0.25, 0.3) is 11.4 Å². The highest BCUT2D eigenvalue weighted by Gasteiger charge is 2.20. The summed E-state index contributed by atoms with van der Waals surface area (Å²) in [5.41, 5.74) is 0.0140. The second-order valence-electron chi connectivity index (χ2n) is 5.52. The van der Waals surface area contributed by atoms with Gasteiger partial charge in [-0.2, -0.15) is 4.98 Å². The predicted molar refractivity (Wildman–Crippen MR) is 93.6 cm³/mol. The maximum Gasteiger partial charge on any atom is 0.263 e. The topological polar surface area (TPSA) is 132 Å². The molecule has 3 aromatic rings. The number of carbonyl (C=O) groups is 1. The molecule has 1 unspecified atom stereocenters. The lowest BCUT2D eigenvalue weighted by Crippen LogP contribution is -2.31. The molecule has 10 nitrogen and oxygen atoms in total. The first-order valence-electron chi connectivity index (χ1n) is 7.93. The van der Waals surface area contributed by atoms with Crippen molar-refractivity contribution in [3.05, 3.63) is 52.5 Å². The summed E-state index contributed by atoms with van der Waals surface area (Å²) >= 11 is 0. The molecule has 1 atom stereocenters. The quantitative estimate of drug-likeness (QED) is 0.663. The van der Waals surface area contributed by atoms with Gasteiger partial charge in [0.15, 0.2) is 11.5 Å². The molecule has 1 aromatic carbocycles. The number of carbonyl (C=O) groups excluding carboxylic acids is 1. The number of aromatic nitrogens is 4. The number of hydrogen-bond acceptors (Lipinski definition) is 8. The van der Waals surface area contributed by atoms with Gasteiger partial charge in [0, 0.05) is 11.8 Å². The molecule has 2 heterocycles. The Hall–Kier alpha value is -3.69. The summed E-state index contributed by atoms with van der Waals surface area (Å²) in [6, 6.07) is 4.59. The smallest absolute Gasteiger partial charge is 0.263 e. The number of methoxy groups -OCH3 is 2. The van der Waals surface area contributed by atoms with E-state index >= 15 is 0 Å². The Morgan fingerprint density at radius 3 is 2.74 bits per heavy atom. The minimum atomic E-state index is -0.612. The number of hydrogen-bond donors (Lipinski definition) is 2. The molecule has 0 radical (unpaired) electrons. The normalized spacial score (nSPS) is 11.7. The van der Waals surface area contributed by atoms with E-state index in [1.807, 2.05) is 0 Å². The fourth-order valence-electron chi connectivity index (χ4n) is 2.35. The van der Waals surface area contributed by atoms with E-state index in [2.05, 4.69) is 25.4 Å². The largest absolute Gasteiger partial charge is 0.493 e. The molecule has 0 fully saturated rings. The van der Waals surface area contributed by atoms with Gasteiger partial charge in [0.2, 0.25) is 11.7 Å². The highest BCUT2D eigenvalue weighted by Crippen LogP contribution is 2.31. The van der Waals surface area contributed by atoms with Crippen LogP contribution in [0, 0.1) is 0 Å². The molecule has 140 valence electrons. The molecule has 0 aliphatic heterocycles. The van der Waals surface area contributed by atoms with Gasteiger partial charge in [-0.1, -0.05) is 5.16 Å². The molecule has 10 heteroatoms. The van der Waals surface area contributed by atoms with E-state index in [1.165, 1.54) is 19.6 Å². The van der Waals surface area contributed by atoms with Crippen molar-refractivity contribution >= 4 is 5.91 Å². The van der Waals surface area contributed by atoms with Crippen molar-refractivity contribution < 1.29 is 18.8 Å². The Morgan fingerprint density at radius 1 is 1.26 bits per heavy atom. The van der Waals surface area contributed by atoms with Crippen molar-refractivity contribution in [1.29, 1.82) is 0 Å². The van der Waals surface area contributed by atoms with Crippen LogP contribution in [0.3, 0.4) is 0 Å². The minimum Gasteiger partial charge on any atom is -0.493 e. The molecule has 0 bridgehead atoms. The van der Waals surface area contributed by atoms with Gasteiger partial charge in [0.05, 0.1) is 20.5 Å². The number of amides is 1. The molecule has 0 spiro atoms. The van der Waals surface area contributed by atoms with Crippen LogP contribution in [0.2, 0.25) is 0 Å². The summed E-state index contributed by atoms with van der Waals surface area (Å²) < 4.78 is 15.7. The molecule has 2 N–H and O–H groups in total. The summed E-state index contributed by atoms with van der Waals surface area (Å²) in [7, 11) is 3.07. The van der Waals surface area contributed by atoms with Gasteiger partial charge in [-0.3, -0.25) is 9.59 Å². The van der Waals surface area contributed by atoms with E-state index < -0.39 is 17.5 Å². The summed E-state index contributed by atoms with van der Waals surface area (Å²) in [6.07, 6.45) is 2.39. The fraction of sp³-hybridized carbons (Fsp3) is 0.235. The van der Waals surface area contributed by atoms with Crippen molar-refractivity contribution in [2.24, 2.45) is 0 Å². The molecule has 1 amide bonds. The van der Waals surface area contributed by atoms with Gasteiger partial charge in [-0.15, -0.1) is 0 Å². The van der Waals surface area contributed by atoms with E-state index in [9.17, 15) is 9.59 Å². The summed E-state index contributed by atoms with van der Waals surface area (Å²) in [5, 5.41) is 6.54. The SMILES string of the molecule is COc1ccc(-c2noc(C(C)NC(=O)c3cnc[nH]c3=O)n2)cc1OC. The van der Waals surface area contributed by atoms with Crippen molar-refractivity contribution in [2.45, 2.75) is 13.0 Å². The Labute approximate surface area is 153 Å². The fourth-order valence-corrected chi connectivity index (χ4v) is 2.35. The van der Waals surface area contributed by atoms with Crippen LogP contribution in [-0.2, 0) is 0 Å². The highest BCUT2D eigenvalue weighted by atomic mass is 16.5. The number of H-pyrrole nitrogens is 1. The monoisotopic (exact) mass is 371 g/mol. The number of benzene rings is 1. The van der Waals surface area contributed by atoms with Crippen molar-refractivity contribution in [3.8, 4) is 22.9 Å². The molecule has 27 heavy (non-hydrogen) atoms. The number of nitrogens with one attached hydrogen (secondary N) is 2. The lowest BCUT2D eigenvalue weighted by atomic mass is 10.2. The van der Waals surface area contributed by atoms with E-state index in [1.54, 1.807) is 32.2 Å². The molecule has 0 saturated carbocycles. The summed E-state index contributed by atoms with van der Waals surface area (Å²) in [5.74, 6) is 1.02. The van der Waals surface area contributed by atoms with E-state index in [0.29, 0.717) is 22.9 Å². The number of ether oxygens (including phenoxy) is 2. The third-order valence-electron chi connectivity index (χ3n) is 3.76. The third-order valence-corrected chi connectivity index (χ3v) is 3.76. The summed E-state index contributed by atoms with van der Waals surface area (Å²) in [4.78, 5) is 34.2. The van der Waals surface area contributed by atoms with Gasteiger partial charge in [-0.25, -0.2) is 4.98 Å². The highest BCUT2D eigenvalue weighted by molar-refractivity contribution is 5.93. The van der Waals surface area contributed by atoms with Crippen LogP contribution in [-0.4, -0.2) is 40.2 Å². The molecular weight excluding hydrogens is 354 g/mol. The average Bonchev–Trinajstić information content (AvgIpc) is 3.18. The van der Waals surface area contributed by atoms with Crippen LogP contribution in [0.1, 0.15) is 29.2 Å². The van der Waals surface area contributed by atoms with Gasteiger partial charge < -0.3 is 24.3 Å². The van der Waals surface area contributed by atoms with Crippen molar-refractivity contribution in [1.82, 2.24) is 25.4 Å². The lowest BCUT2D eigenvalue weighted by molar-refractivity contribution is 0.0930. The predicted octanol–water partition coefficient (Wildman–Crippen LogP) is 1.33. The van der Waals surface area contributed by atoms with E-state index in [-0.39, 0.29) is 11.5 Å². The van der Waals surface area contributed by atoms with Crippen LogP contribution < -0.4 is 20.3 Å². The summed E-state index contributed by atoms with van der Waals surface area (Å²) in [6.45, 7) is 1.66. The maximum atomic E-state index is 12.2. The van der Waals surface area contributed by atoms with Gasteiger partial charge in [0.25, 0.3) is 11.5 Å². The number of rotatable bonds is 6. The number of nitrogens with zero attached hydrogens (tertiary/aromatic N) is 3. The maximum absolute atomic E-state index is 12.2. The van der Waals surface area contributed by atoms with Crippen LogP contribution in [0.4, 0.5) is 0 Å². The van der Waals surface area contributed by atoms with Crippen LogP contribution in [0.5, 0.6) is 11.5 Å². The molecule has 0 saturated heterocycles. The molecular formula is C17H17N5O5. The van der Waals surface area contributed by atoms with Gasteiger partial charge in [-0.05, 0) is 25.1 Å². The van der Waals surface area contributed by atoms with E-state index in [4.69, 9.17) is 14.0 Å². The zero-order chi connectivity index (χ0) is 19.4. The van der Waals surface area contributed by atoms with E-state index in [0.717, 1.165) is 0 Å². The van der Waals surface area contributed by atoms with Crippen molar-refractivity contribution in [2.75, 3.05) is 14.2 Å².